The van der Waals surface area contributed by atoms with Crippen LogP contribution in [0.4, 0.5) is 0 Å². The van der Waals surface area contributed by atoms with E-state index < -0.39 is 0 Å². The summed E-state index contributed by atoms with van der Waals surface area (Å²) in [7, 11) is 0. The first-order valence-corrected chi connectivity index (χ1v) is 11.5. The molecule has 3 rings (SSSR count). The van der Waals surface area contributed by atoms with Crippen molar-refractivity contribution in [2.75, 3.05) is 45.1 Å². The quantitative estimate of drug-likeness (QED) is 0.633. The molecule has 28 heavy (non-hydrogen) atoms. The Morgan fingerprint density at radius 1 is 1.00 bits per heavy atom. The second kappa shape index (κ2) is 11.2. The lowest BCUT2D eigenvalue weighted by Crippen LogP contribution is -2.52. The lowest BCUT2D eigenvalue weighted by atomic mass is 9.73. The topological polar surface area (TPSA) is 35.6 Å². The fourth-order valence-corrected chi connectivity index (χ4v) is 4.85. The van der Waals surface area contributed by atoms with Crippen molar-refractivity contribution < 1.29 is 4.79 Å². The molecule has 156 valence electrons. The molecule has 1 saturated carbocycles. The summed E-state index contributed by atoms with van der Waals surface area (Å²) >= 11 is 5.72. The maximum atomic E-state index is 12.1. The summed E-state index contributed by atoms with van der Waals surface area (Å²) < 4.78 is 0. The Labute approximate surface area is 175 Å². The predicted octanol–water partition coefficient (Wildman–Crippen LogP) is 3.89. The second-order valence-corrected chi connectivity index (χ2v) is 9.05. The number of carbonyl (C=O) groups is 1. The van der Waals surface area contributed by atoms with E-state index in [1.807, 2.05) is 0 Å². The zero-order valence-corrected chi connectivity index (χ0v) is 17.9. The van der Waals surface area contributed by atoms with Crippen LogP contribution >= 0.6 is 11.6 Å². The molecule has 1 aromatic rings. The number of hydrogen-bond donors (Lipinski definition) is 1. The fourth-order valence-electron chi connectivity index (χ4n) is 4.72. The molecule has 2 aliphatic rings. The first kappa shape index (κ1) is 21.6. The zero-order chi connectivity index (χ0) is 19.7. The van der Waals surface area contributed by atoms with E-state index in [1.54, 1.807) is 0 Å². The van der Waals surface area contributed by atoms with Gasteiger partial charge in [0.1, 0.15) is 0 Å². The van der Waals surface area contributed by atoms with Crippen LogP contribution in [0.5, 0.6) is 0 Å². The van der Waals surface area contributed by atoms with Crippen LogP contribution in [0, 0.1) is 5.41 Å². The number of benzene rings is 1. The van der Waals surface area contributed by atoms with Crippen molar-refractivity contribution in [2.45, 2.75) is 51.5 Å². The Morgan fingerprint density at radius 2 is 1.68 bits per heavy atom. The van der Waals surface area contributed by atoms with Gasteiger partial charge >= 0.3 is 0 Å². The largest absolute Gasteiger partial charge is 0.355 e. The van der Waals surface area contributed by atoms with Crippen LogP contribution in [0.15, 0.2) is 30.3 Å². The highest BCUT2D eigenvalue weighted by Crippen LogP contribution is 2.37. The van der Waals surface area contributed by atoms with E-state index in [1.165, 1.54) is 37.7 Å². The Balaban J connectivity index is 1.47. The molecule has 1 heterocycles. The minimum atomic E-state index is 0.165. The van der Waals surface area contributed by atoms with Crippen molar-refractivity contribution in [2.24, 2.45) is 5.41 Å². The molecule has 1 N–H and O–H groups in total. The van der Waals surface area contributed by atoms with Crippen molar-refractivity contribution >= 4 is 17.5 Å². The maximum absolute atomic E-state index is 12.1. The maximum Gasteiger partial charge on any atom is 0.220 e. The van der Waals surface area contributed by atoms with Gasteiger partial charge in [-0.05, 0) is 24.8 Å². The summed E-state index contributed by atoms with van der Waals surface area (Å²) in [6.45, 7) is 7.54. The van der Waals surface area contributed by atoms with Gasteiger partial charge in [0.2, 0.25) is 5.91 Å². The van der Waals surface area contributed by atoms with Crippen molar-refractivity contribution in [3.8, 4) is 0 Å². The number of nitrogens with one attached hydrogen (secondary N) is 1. The molecule has 5 heteroatoms. The molecular formula is C23H36ClN3O. The standard InChI is InChI=1S/C23H36ClN3O/c24-13-7-10-22(28)25-19-23(11-5-2-6-12-23)20-27-16-14-26(15-17-27)18-21-8-3-1-4-9-21/h1,3-4,8-9H,2,5-7,10-20H2,(H,25,28). The Bertz CT molecular complexity index is 581. The van der Waals surface area contributed by atoms with Crippen LogP contribution in [0.2, 0.25) is 0 Å². The molecule has 0 spiro atoms. The summed E-state index contributed by atoms with van der Waals surface area (Å²) in [5.74, 6) is 0.726. The molecule has 4 nitrogen and oxygen atoms in total. The number of rotatable bonds is 9. The first-order valence-electron chi connectivity index (χ1n) is 11.0. The molecule has 1 aromatic carbocycles. The van der Waals surface area contributed by atoms with E-state index in [0.29, 0.717) is 12.3 Å². The molecule has 1 aliphatic heterocycles. The lowest BCUT2D eigenvalue weighted by molar-refractivity contribution is -0.121. The van der Waals surface area contributed by atoms with Crippen molar-refractivity contribution in [1.82, 2.24) is 15.1 Å². The van der Waals surface area contributed by atoms with E-state index in [4.69, 9.17) is 11.6 Å². The third-order valence-corrected chi connectivity index (χ3v) is 6.65. The van der Waals surface area contributed by atoms with Gasteiger partial charge in [-0.2, -0.15) is 0 Å². The number of halogens is 1. The Morgan fingerprint density at radius 3 is 2.36 bits per heavy atom. The normalized spacial score (nSPS) is 20.8. The predicted molar refractivity (Wildman–Crippen MR) is 117 cm³/mol. The molecular weight excluding hydrogens is 370 g/mol. The monoisotopic (exact) mass is 405 g/mol. The Hall–Kier alpha value is -1.10. The van der Waals surface area contributed by atoms with E-state index in [9.17, 15) is 4.79 Å². The van der Waals surface area contributed by atoms with Gasteiger partial charge in [0.25, 0.3) is 0 Å². The summed E-state index contributed by atoms with van der Waals surface area (Å²) in [5.41, 5.74) is 1.66. The van der Waals surface area contributed by atoms with Crippen LogP contribution < -0.4 is 5.32 Å². The number of amides is 1. The molecule has 1 aliphatic carbocycles. The van der Waals surface area contributed by atoms with Gasteiger partial charge < -0.3 is 10.2 Å². The van der Waals surface area contributed by atoms with E-state index in [2.05, 4.69) is 45.4 Å². The van der Waals surface area contributed by atoms with E-state index >= 15 is 0 Å². The minimum absolute atomic E-state index is 0.165. The van der Waals surface area contributed by atoms with Crippen LogP contribution in [0.3, 0.4) is 0 Å². The van der Waals surface area contributed by atoms with Crippen LogP contribution in [-0.2, 0) is 11.3 Å². The minimum Gasteiger partial charge on any atom is -0.355 e. The smallest absolute Gasteiger partial charge is 0.220 e. The Kier molecular flexibility index (Phi) is 8.63. The number of alkyl halides is 1. The highest BCUT2D eigenvalue weighted by Gasteiger charge is 2.35. The van der Waals surface area contributed by atoms with Crippen molar-refractivity contribution in [3.63, 3.8) is 0 Å². The molecule has 0 radical (unpaired) electrons. The molecule has 1 amide bonds. The average molecular weight is 406 g/mol. The van der Waals surface area contributed by atoms with Crippen LogP contribution in [-0.4, -0.2) is 60.9 Å². The summed E-state index contributed by atoms with van der Waals surface area (Å²) in [5, 5.41) is 3.22. The van der Waals surface area contributed by atoms with Gasteiger partial charge in [-0.25, -0.2) is 0 Å². The highest BCUT2D eigenvalue weighted by atomic mass is 35.5. The molecule has 0 atom stereocenters. The highest BCUT2D eigenvalue weighted by molar-refractivity contribution is 6.17. The summed E-state index contributed by atoms with van der Waals surface area (Å²) in [6, 6.07) is 10.8. The van der Waals surface area contributed by atoms with Gasteiger partial charge in [-0.3, -0.25) is 9.69 Å². The molecule has 1 saturated heterocycles. The number of piperazine rings is 1. The van der Waals surface area contributed by atoms with Gasteiger partial charge in [0.15, 0.2) is 0 Å². The van der Waals surface area contributed by atoms with Crippen LogP contribution in [0.1, 0.15) is 50.5 Å². The SMILES string of the molecule is O=C(CCCCl)NCC1(CN2CCN(Cc3ccccc3)CC2)CCCCC1. The van der Waals surface area contributed by atoms with Gasteiger partial charge in [-0.15, -0.1) is 11.6 Å². The fraction of sp³-hybridized carbons (Fsp3) is 0.696. The summed E-state index contributed by atoms with van der Waals surface area (Å²) in [6.07, 6.45) is 7.74. The first-order chi connectivity index (χ1) is 13.7. The zero-order valence-electron chi connectivity index (χ0n) is 17.2. The number of nitrogens with zero attached hydrogens (tertiary/aromatic N) is 2. The van der Waals surface area contributed by atoms with Crippen molar-refractivity contribution in [3.05, 3.63) is 35.9 Å². The van der Waals surface area contributed by atoms with Gasteiger partial charge in [0.05, 0.1) is 0 Å². The number of hydrogen-bond acceptors (Lipinski definition) is 3. The molecule has 2 fully saturated rings. The molecule has 0 aromatic heterocycles. The van der Waals surface area contributed by atoms with Crippen molar-refractivity contribution in [1.29, 1.82) is 0 Å². The third kappa shape index (κ3) is 6.75. The third-order valence-electron chi connectivity index (χ3n) is 6.39. The number of carbonyl (C=O) groups excluding carboxylic acids is 1. The van der Waals surface area contributed by atoms with Gasteiger partial charge in [-0.1, -0.05) is 49.6 Å². The van der Waals surface area contributed by atoms with E-state index in [-0.39, 0.29) is 11.3 Å². The van der Waals surface area contributed by atoms with Gasteiger partial charge in [0, 0.05) is 63.5 Å². The average Bonchev–Trinajstić information content (AvgIpc) is 2.74. The molecule has 0 bridgehead atoms. The van der Waals surface area contributed by atoms with Crippen LogP contribution in [0.25, 0.3) is 0 Å². The molecule has 0 unspecified atom stereocenters. The lowest BCUT2D eigenvalue weighted by Gasteiger charge is -2.44. The van der Waals surface area contributed by atoms with E-state index in [0.717, 1.165) is 52.2 Å². The second-order valence-electron chi connectivity index (χ2n) is 8.67. The summed E-state index contributed by atoms with van der Waals surface area (Å²) in [4.78, 5) is 17.3.